The predicted molar refractivity (Wildman–Crippen MR) is 113 cm³/mol. The van der Waals surface area contributed by atoms with Crippen LogP contribution in [0.4, 0.5) is 18.9 Å². The minimum atomic E-state index is -4.45. The first-order valence-corrected chi connectivity index (χ1v) is 9.62. The first-order chi connectivity index (χ1) is 13.6. The zero-order chi connectivity index (χ0) is 21.6. The molecule has 2 aromatic rings. The normalized spacial score (nSPS) is 13.3. The van der Waals surface area contributed by atoms with Gasteiger partial charge in [-0.2, -0.15) is 13.2 Å². The van der Waals surface area contributed by atoms with E-state index in [1.54, 1.807) is 19.9 Å². The van der Waals surface area contributed by atoms with Gasteiger partial charge in [-0.15, -0.1) is 0 Å². The molecule has 0 bridgehead atoms. The van der Waals surface area contributed by atoms with Crippen molar-refractivity contribution in [3.8, 4) is 0 Å². The number of aryl methyl sites for hydroxylation is 1. The lowest BCUT2D eigenvalue weighted by Gasteiger charge is -2.22. The van der Waals surface area contributed by atoms with Gasteiger partial charge in [0.05, 0.1) is 11.6 Å². The van der Waals surface area contributed by atoms with Crippen molar-refractivity contribution in [2.24, 2.45) is 0 Å². The summed E-state index contributed by atoms with van der Waals surface area (Å²) in [5, 5.41) is 8.56. The van der Waals surface area contributed by atoms with Crippen molar-refractivity contribution < 1.29 is 18.0 Å². The fourth-order valence-corrected chi connectivity index (χ4v) is 3.15. The van der Waals surface area contributed by atoms with Crippen molar-refractivity contribution >= 4 is 28.9 Å². The van der Waals surface area contributed by atoms with E-state index in [-0.39, 0.29) is 22.7 Å². The molecule has 0 spiro atoms. The number of rotatable bonds is 6. The summed E-state index contributed by atoms with van der Waals surface area (Å²) in [4.78, 5) is 12.5. The Kier molecular flexibility index (Phi) is 7.61. The third-order valence-corrected chi connectivity index (χ3v) is 4.55. The molecule has 0 saturated heterocycles. The van der Waals surface area contributed by atoms with Crippen molar-refractivity contribution in [3.05, 3.63) is 65.2 Å². The number of alkyl halides is 3. The van der Waals surface area contributed by atoms with Gasteiger partial charge >= 0.3 is 6.18 Å². The van der Waals surface area contributed by atoms with E-state index in [0.29, 0.717) is 12.0 Å². The Morgan fingerprint density at radius 1 is 1.10 bits per heavy atom. The minimum absolute atomic E-state index is 0.0686. The molecule has 0 aliphatic carbocycles. The lowest BCUT2D eigenvalue weighted by atomic mass is 10.0. The third-order valence-electron chi connectivity index (χ3n) is 4.33. The smallest absolute Gasteiger partial charge is 0.351 e. The molecule has 29 heavy (non-hydrogen) atoms. The summed E-state index contributed by atoms with van der Waals surface area (Å²) in [6.07, 6.45) is -3.73. The van der Waals surface area contributed by atoms with Crippen LogP contribution in [0.5, 0.6) is 0 Å². The highest BCUT2D eigenvalue weighted by Crippen LogP contribution is 2.31. The molecule has 1 amide bonds. The van der Waals surface area contributed by atoms with Crippen LogP contribution in [0, 0.1) is 6.92 Å². The molecule has 0 saturated carbocycles. The van der Waals surface area contributed by atoms with E-state index in [1.807, 2.05) is 37.3 Å². The van der Waals surface area contributed by atoms with Crippen molar-refractivity contribution in [2.75, 3.05) is 5.32 Å². The summed E-state index contributed by atoms with van der Waals surface area (Å²) in [6.45, 7) is 5.18. The summed E-state index contributed by atoms with van der Waals surface area (Å²) >= 11 is 5.16. The SMILES string of the molecule is CC[C@@H](NC(=O)[C@@H](C)NC(=S)Nc1cc(C)cc(C(F)(F)F)c1)c1ccccc1. The van der Waals surface area contributed by atoms with Crippen LogP contribution in [0.3, 0.4) is 0 Å². The average molecular weight is 424 g/mol. The summed E-state index contributed by atoms with van der Waals surface area (Å²) in [7, 11) is 0. The van der Waals surface area contributed by atoms with Crippen LogP contribution in [-0.2, 0) is 11.0 Å². The number of carbonyl (C=O) groups excluding carboxylic acids is 1. The zero-order valence-electron chi connectivity index (χ0n) is 16.4. The molecule has 0 unspecified atom stereocenters. The Balaban J connectivity index is 1.98. The maximum absolute atomic E-state index is 13.0. The minimum Gasteiger partial charge on any atom is -0.351 e. The van der Waals surface area contributed by atoms with E-state index in [9.17, 15) is 18.0 Å². The van der Waals surface area contributed by atoms with Gasteiger partial charge in [-0.25, -0.2) is 0 Å². The molecule has 2 atom stereocenters. The van der Waals surface area contributed by atoms with Gasteiger partial charge in [-0.1, -0.05) is 37.3 Å². The quantitative estimate of drug-likeness (QED) is 0.575. The Bertz CT molecular complexity index is 856. The number of amides is 1. The maximum atomic E-state index is 13.0. The summed E-state index contributed by atoms with van der Waals surface area (Å²) < 4.78 is 38.9. The fraction of sp³-hybridized carbons (Fsp3) is 0.333. The van der Waals surface area contributed by atoms with Gasteiger partial charge in [-0.05, 0) is 61.8 Å². The van der Waals surface area contributed by atoms with Gasteiger partial charge in [0.25, 0.3) is 0 Å². The molecule has 8 heteroatoms. The van der Waals surface area contributed by atoms with Gasteiger partial charge in [0.2, 0.25) is 5.91 Å². The van der Waals surface area contributed by atoms with Crippen molar-refractivity contribution in [1.29, 1.82) is 0 Å². The second kappa shape index (κ2) is 9.73. The number of hydrogen-bond acceptors (Lipinski definition) is 2. The molecule has 0 radical (unpaired) electrons. The van der Waals surface area contributed by atoms with Gasteiger partial charge in [0.1, 0.15) is 6.04 Å². The van der Waals surface area contributed by atoms with Gasteiger partial charge < -0.3 is 16.0 Å². The number of carbonyl (C=O) groups is 1. The molecule has 0 aliphatic rings. The van der Waals surface area contributed by atoms with E-state index in [2.05, 4.69) is 16.0 Å². The van der Waals surface area contributed by atoms with Crippen LogP contribution >= 0.6 is 12.2 Å². The predicted octanol–water partition coefficient (Wildman–Crippen LogP) is 4.96. The van der Waals surface area contributed by atoms with Crippen molar-refractivity contribution in [1.82, 2.24) is 10.6 Å². The topological polar surface area (TPSA) is 53.2 Å². The van der Waals surface area contributed by atoms with Crippen LogP contribution in [0.2, 0.25) is 0 Å². The second-order valence-corrected chi connectivity index (χ2v) is 7.19. The number of benzene rings is 2. The average Bonchev–Trinajstić information content (AvgIpc) is 2.65. The van der Waals surface area contributed by atoms with E-state index in [1.165, 1.54) is 0 Å². The van der Waals surface area contributed by atoms with E-state index in [0.717, 1.165) is 17.7 Å². The molecule has 2 aromatic carbocycles. The largest absolute Gasteiger partial charge is 0.416 e. The summed E-state index contributed by atoms with van der Waals surface area (Å²) in [5.41, 5.74) is 0.889. The standard InChI is InChI=1S/C21H24F3N3OS/c1-4-18(15-8-6-5-7-9-15)27-19(28)14(3)25-20(29)26-17-11-13(2)10-16(12-17)21(22,23)24/h5-12,14,18H,4H2,1-3H3,(H,27,28)(H2,25,26,29)/t14-,18-/m1/s1. The molecule has 4 nitrogen and oxygen atoms in total. The zero-order valence-corrected chi connectivity index (χ0v) is 17.2. The van der Waals surface area contributed by atoms with Crippen LogP contribution in [0.15, 0.2) is 48.5 Å². The second-order valence-electron chi connectivity index (χ2n) is 6.79. The van der Waals surface area contributed by atoms with Crippen LogP contribution in [0.1, 0.15) is 43.0 Å². The first-order valence-electron chi connectivity index (χ1n) is 9.22. The highest BCUT2D eigenvalue weighted by Gasteiger charge is 2.31. The van der Waals surface area contributed by atoms with E-state index >= 15 is 0 Å². The number of halogens is 3. The monoisotopic (exact) mass is 423 g/mol. The van der Waals surface area contributed by atoms with E-state index in [4.69, 9.17) is 12.2 Å². The van der Waals surface area contributed by atoms with Crippen molar-refractivity contribution in [3.63, 3.8) is 0 Å². The van der Waals surface area contributed by atoms with Gasteiger partial charge in [0.15, 0.2) is 5.11 Å². The molecule has 2 rings (SSSR count). The highest BCUT2D eigenvalue weighted by atomic mass is 32.1. The molecule has 3 N–H and O–H groups in total. The molecule has 0 aromatic heterocycles. The molecule has 0 heterocycles. The number of nitrogens with one attached hydrogen (secondary N) is 3. The Hall–Kier alpha value is -2.61. The summed E-state index contributed by atoms with van der Waals surface area (Å²) in [6, 6.07) is 12.4. The molecule has 0 fully saturated rings. The summed E-state index contributed by atoms with van der Waals surface area (Å²) in [5.74, 6) is -0.259. The fourth-order valence-electron chi connectivity index (χ4n) is 2.85. The highest BCUT2D eigenvalue weighted by molar-refractivity contribution is 7.80. The number of hydrogen-bond donors (Lipinski definition) is 3. The lowest BCUT2D eigenvalue weighted by Crippen LogP contribution is -2.47. The van der Waals surface area contributed by atoms with Crippen LogP contribution in [-0.4, -0.2) is 17.1 Å². The Morgan fingerprint density at radius 3 is 2.34 bits per heavy atom. The molecular formula is C21H24F3N3OS. The Morgan fingerprint density at radius 2 is 1.76 bits per heavy atom. The number of anilines is 1. The van der Waals surface area contributed by atoms with E-state index < -0.39 is 17.8 Å². The molecule has 156 valence electrons. The first kappa shape index (κ1) is 22.7. The molecular weight excluding hydrogens is 399 g/mol. The van der Waals surface area contributed by atoms with Crippen LogP contribution in [0.25, 0.3) is 0 Å². The third kappa shape index (κ3) is 6.74. The van der Waals surface area contributed by atoms with Gasteiger partial charge in [-0.3, -0.25) is 4.79 Å². The van der Waals surface area contributed by atoms with Crippen molar-refractivity contribution in [2.45, 2.75) is 45.5 Å². The Labute approximate surface area is 173 Å². The lowest BCUT2D eigenvalue weighted by molar-refractivity contribution is -0.137. The maximum Gasteiger partial charge on any atom is 0.416 e. The van der Waals surface area contributed by atoms with Gasteiger partial charge in [0, 0.05) is 5.69 Å². The van der Waals surface area contributed by atoms with Crippen LogP contribution < -0.4 is 16.0 Å². The number of thiocarbonyl (C=S) groups is 1. The molecule has 0 aliphatic heterocycles.